The smallest absolute Gasteiger partial charge is 0.150 e. The molecule has 0 aromatic heterocycles. The Morgan fingerprint density at radius 3 is 2.16 bits per heavy atom. The van der Waals surface area contributed by atoms with Gasteiger partial charge < -0.3 is 4.90 Å². The molecule has 1 fully saturated rings. The molecule has 1 heterocycles. The summed E-state index contributed by atoms with van der Waals surface area (Å²) in [5.41, 5.74) is 1.30. The minimum absolute atomic E-state index is 0.0791. The summed E-state index contributed by atoms with van der Waals surface area (Å²) in [6.07, 6.45) is 0. The summed E-state index contributed by atoms with van der Waals surface area (Å²) in [6, 6.07) is 12.6. The summed E-state index contributed by atoms with van der Waals surface area (Å²) in [5.74, 6) is -0.680. The fraction of sp³-hybridized carbons (Fsp3) is 0.200. The van der Waals surface area contributed by atoms with Gasteiger partial charge in [-0.2, -0.15) is 0 Å². The molecule has 0 atom stereocenters. The third-order valence-corrected chi connectivity index (χ3v) is 3.91. The molecule has 1 nitrogen and oxygen atoms in total. The first-order valence-corrected chi connectivity index (χ1v) is 6.89. The van der Waals surface area contributed by atoms with Gasteiger partial charge >= 0.3 is 0 Å². The van der Waals surface area contributed by atoms with Gasteiger partial charge in [0.25, 0.3) is 0 Å². The minimum atomic E-state index is -0.515. The molecule has 0 amide bonds. The van der Waals surface area contributed by atoms with Crippen molar-refractivity contribution in [2.45, 2.75) is 5.92 Å². The van der Waals surface area contributed by atoms with Crippen molar-refractivity contribution >= 4 is 21.6 Å². The Bertz CT molecular complexity index is 571. The highest BCUT2D eigenvalue weighted by atomic mass is 79.9. The van der Waals surface area contributed by atoms with E-state index >= 15 is 0 Å². The van der Waals surface area contributed by atoms with Gasteiger partial charge in [0.1, 0.15) is 5.69 Å². The maximum absolute atomic E-state index is 13.8. The van der Waals surface area contributed by atoms with Gasteiger partial charge in [-0.15, -0.1) is 0 Å². The predicted octanol–water partition coefficient (Wildman–Crippen LogP) is 4.33. The van der Waals surface area contributed by atoms with Crippen LogP contribution in [-0.2, 0) is 0 Å². The van der Waals surface area contributed by atoms with Crippen LogP contribution in [0.5, 0.6) is 0 Å². The van der Waals surface area contributed by atoms with Crippen molar-refractivity contribution in [1.82, 2.24) is 0 Å². The molecule has 3 rings (SSSR count). The van der Waals surface area contributed by atoms with E-state index < -0.39 is 11.6 Å². The normalized spacial score (nSPS) is 15.4. The zero-order valence-electron chi connectivity index (χ0n) is 10.1. The van der Waals surface area contributed by atoms with Crippen LogP contribution in [0, 0.1) is 11.6 Å². The van der Waals surface area contributed by atoms with Gasteiger partial charge in [0.15, 0.2) is 11.6 Å². The van der Waals surface area contributed by atoms with E-state index in [9.17, 15) is 8.78 Å². The lowest BCUT2D eigenvalue weighted by molar-refractivity contribution is 0.489. The van der Waals surface area contributed by atoms with Gasteiger partial charge in [-0.3, -0.25) is 0 Å². The lowest BCUT2D eigenvalue weighted by Gasteiger charge is -2.41. The Balaban J connectivity index is 1.78. The molecule has 2 aromatic rings. The Kier molecular flexibility index (Phi) is 3.27. The van der Waals surface area contributed by atoms with E-state index in [1.165, 1.54) is 17.7 Å². The van der Waals surface area contributed by atoms with Gasteiger partial charge in [-0.1, -0.05) is 46.3 Å². The minimum Gasteiger partial charge on any atom is -0.365 e. The van der Waals surface area contributed by atoms with Crippen LogP contribution in [0.4, 0.5) is 14.5 Å². The average molecular weight is 324 g/mol. The van der Waals surface area contributed by atoms with Crippen molar-refractivity contribution in [3.8, 4) is 0 Å². The second kappa shape index (κ2) is 4.93. The summed E-state index contributed by atoms with van der Waals surface area (Å²) in [7, 11) is 0. The van der Waals surface area contributed by atoms with E-state index in [-0.39, 0.29) is 5.69 Å². The molecule has 0 unspecified atom stereocenters. The molecule has 1 aliphatic rings. The van der Waals surface area contributed by atoms with Crippen LogP contribution < -0.4 is 4.90 Å². The average Bonchev–Trinajstić information content (AvgIpc) is 2.32. The number of hydrogen-bond donors (Lipinski definition) is 0. The second-order valence-electron chi connectivity index (χ2n) is 4.73. The summed E-state index contributed by atoms with van der Waals surface area (Å²) >= 11 is 3.09. The van der Waals surface area contributed by atoms with Crippen molar-refractivity contribution in [3.63, 3.8) is 0 Å². The molecule has 1 aliphatic heterocycles. The summed E-state index contributed by atoms with van der Waals surface area (Å²) < 4.78 is 28.0. The molecular weight excluding hydrogens is 312 g/mol. The first-order valence-electron chi connectivity index (χ1n) is 6.09. The van der Waals surface area contributed by atoms with Gasteiger partial charge in [0.05, 0.1) is 0 Å². The van der Waals surface area contributed by atoms with Crippen molar-refractivity contribution in [1.29, 1.82) is 0 Å². The molecule has 0 bridgehead atoms. The number of hydrogen-bond acceptors (Lipinski definition) is 1. The predicted molar refractivity (Wildman–Crippen MR) is 75.5 cm³/mol. The Hall–Kier alpha value is -1.42. The maximum Gasteiger partial charge on any atom is 0.150 e. The van der Waals surface area contributed by atoms with Crippen molar-refractivity contribution in [2.75, 3.05) is 18.0 Å². The van der Waals surface area contributed by atoms with E-state index in [1.807, 2.05) is 18.2 Å². The molecule has 0 N–H and O–H groups in total. The Labute approximate surface area is 119 Å². The zero-order valence-corrected chi connectivity index (χ0v) is 11.7. The van der Waals surface area contributed by atoms with E-state index in [2.05, 4.69) is 28.1 Å². The number of benzene rings is 2. The maximum atomic E-state index is 13.8. The molecule has 0 aliphatic carbocycles. The second-order valence-corrected chi connectivity index (χ2v) is 5.65. The Morgan fingerprint density at radius 1 is 1.00 bits per heavy atom. The largest absolute Gasteiger partial charge is 0.365 e. The van der Waals surface area contributed by atoms with Crippen LogP contribution >= 0.6 is 15.9 Å². The fourth-order valence-electron chi connectivity index (χ4n) is 2.43. The summed E-state index contributed by atoms with van der Waals surface area (Å²) in [5, 5.41) is 0. The molecule has 98 valence electrons. The fourth-order valence-corrected chi connectivity index (χ4v) is 2.84. The SMILES string of the molecule is Fc1cc(Br)cc(F)c1N1CC(c2ccccc2)C1. The van der Waals surface area contributed by atoms with Crippen LogP contribution in [0.2, 0.25) is 0 Å². The third-order valence-electron chi connectivity index (χ3n) is 3.45. The molecule has 2 aromatic carbocycles. The molecular formula is C15H12BrF2N. The highest BCUT2D eigenvalue weighted by molar-refractivity contribution is 9.10. The number of halogens is 3. The topological polar surface area (TPSA) is 3.24 Å². The molecule has 0 spiro atoms. The number of rotatable bonds is 2. The lowest BCUT2D eigenvalue weighted by atomic mass is 9.91. The molecule has 4 heteroatoms. The highest BCUT2D eigenvalue weighted by Crippen LogP contribution is 2.35. The first kappa shape index (κ1) is 12.6. The van der Waals surface area contributed by atoms with Crippen molar-refractivity contribution in [3.05, 3.63) is 64.1 Å². The van der Waals surface area contributed by atoms with Crippen LogP contribution in [0.1, 0.15) is 11.5 Å². The van der Waals surface area contributed by atoms with E-state index in [4.69, 9.17) is 0 Å². The monoisotopic (exact) mass is 323 g/mol. The number of anilines is 1. The molecule has 19 heavy (non-hydrogen) atoms. The summed E-state index contributed by atoms with van der Waals surface area (Å²) in [4.78, 5) is 1.74. The number of nitrogens with zero attached hydrogens (tertiary/aromatic N) is 1. The van der Waals surface area contributed by atoms with Gasteiger partial charge in [-0.05, 0) is 17.7 Å². The van der Waals surface area contributed by atoms with Gasteiger partial charge in [-0.25, -0.2) is 8.78 Å². The lowest BCUT2D eigenvalue weighted by Crippen LogP contribution is -2.45. The van der Waals surface area contributed by atoms with Gasteiger partial charge in [0, 0.05) is 23.5 Å². The van der Waals surface area contributed by atoms with Crippen LogP contribution in [0.25, 0.3) is 0 Å². The standard InChI is InChI=1S/C15H12BrF2N/c16-12-6-13(17)15(14(18)7-12)19-8-11(9-19)10-4-2-1-3-5-10/h1-7,11H,8-9H2. The van der Waals surface area contributed by atoms with Crippen molar-refractivity contribution < 1.29 is 8.78 Å². The van der Waals surface area contributed by atoms with E-state index in [0.717, 1.165) is 0 Å². The van der Waals surface area contributed by atoms with Crippen LogP contribution in [0.15, 0.2) is 46.9 Å². The summed E-state index contributed by atoms with van der Waals surface area (Å²) in [6.45, 7) is 1.30. The molecule has 1 saturated heterocycles. The van der Waals surface area contributed by atoms with Crippen LogP contribution in [-0.4, -0.2) is 13.1 Å². The molecule has 0 radical (unpaired) electrons. The van der Waals surface area contributed by atoms with E-state index in [1.54, 1.807) is 4.90 Å². The molecule has 0 saturated carbocycles. The highest BCUT2D eigenvalue weighted by Gasteiger charge is 2.31. The van der Waals surface area contributed by atoms with Crippen LogP contribution in [0.3, 0.4) is 0 Å². The zero-order chi connectivity index (χ0) is 13.4. The Morgan fingerprint density at radius 2 is 1.58 bits per heavy atom. The van der Waals surface area contributed by atoms with E-state index in [0.29, 0.717) is 23.5 Å². The quantitative estimate of drug-likeness (QED) is 0.795. The first-order chi connectivity index (χ1) is 9.15. The third kappa shape index (κ3) is 2.37. The van der Waals surface area contributed by atoms with Crippen molar-refractivity contribution in [2.24, 2.45) is 0 Å². The van der Waals surface area contributed by atoms with Gasteiger partial charge in [0.2, 0.25) is 0 Å².